The highest BCUT2D eigenvalue weighted by atomic mass is 19.1. The molecule has 0 amide bonds. The Hall–Kier alpha value is -2.90. The molecular weight excluding hydrogens is 493 g/mol. The summed E-state index contributed by atoms with van der Waals surface area (Å²) in [7, 11) is 0. The number of aromatic nitrogens is 1. The van der Waals surface area contributed by atoms with Gasteiger partial charge in [0.2, 0.25) is 0 Å². The van der Waals surface area contributed by atoms with Gasteiger partial charge in [-0.15, -0.1) is 0 Å². The quantitative estimate of drug-likeness (QED) is 0.390. The third-order valence-corrected chi connectivity index (χ3v) is 9.34. The lowest BCUT2D eigenvalue weighted by atomic mass is 9.79. The molecular formula is C32H40FN3O3. The van der Waals surface area contributed by atoms with Crippen LogP contribution in [0.15, 0.2) is 36.4 Å². The zero-order valence-electron chi connectivity index (χ0n) is 23.2. The first-order chi connectivity index (χ1) is 18.9. The van der Waals surface area contributed by atoms with Crippen LogP contribution in [0.5, 0.6) is 5.75 Å². The van der Waals surface area contributed by atoms with Gasteiger partial charge in [0.25, 0.3) is 0 Å². The number of aromatic carboxylic acids is 1. The van der Waals surface area contributed by atoms with Gasteiger partial charge in [0, 0.05) is 60.7 Å². The predicted molar refractivity (Wildman–Crippen MR) is 152 cm³/mol. The fraction of sp³-hybridized carbons (Fsp3) is 0.531. The van der Waals surface area contributed by atoms with Crippen LogP contribution in [0, 0.1) is 11.2 Å². The van der Waals surface area contributed by atoms with E-state index in [9.17, 15) is 14.3 Å². The standard InChI is InChI=1S/C32H40FN3O3/c1-3-34(4-2)14-15-35-18-32(19-35)20-36-27-16-23(31(37)38)10-12-25(27)29(22-8-6-5-7-9-22)30(36)26-13-11-24(33)17-28(26)39-21-32/h10-13,16-17,22H,3-9,14-15,18-21H2,1-2H3,(H,37,38). The van der Waals surface area contributed by atoms with E-state index in [2.05, 4.69) is 28.2 Å². The molecule has 6 rings (SSSR count). The number of ether oxygens (including phenoxy) is 1. The molecule has 1 N–H and O–H groups in total. The minimum absolute atomic E-state index is 0.114. The number of fused-ring (bicyclic) bond motifs is 5. The number of benzene rings is 2. The van der Waals surface area contributed by atoms with Crippen LogP contribution < -0.4 is 4.74 Å². The van der Waals surface area contributed by atoms with Crippen molar-refractivity contribution in [1.82, 2.24) is 14.4 Å². The average molecular weight is 534 g/mol. The number of carbonyl (C=O) groups is 1. The molecule has 0 bridgehead atoms. The van der Waals surface area contributed by atoms with Gasteiger partial charge in [-0.1, -0.05) is 39.2 Å². The number of rotatable bonds is 7. The molecule has 0 unspecified atom stereocenters. The monoisotopic (exact) mass is 533 g/mol. The maximum absolute atomic E-state index is 14.5. The molecule has 2 aliphatic heterocycles. The summed E-state index contributed by atoms with van der Waals surface area (Å²) in [5.74, 6) is -0.221. The average Bonchev–Trinajstić information content (AvgIpc) is 3.22. The largest absolute Gasteiger partial charge is 0.492 e. The topological polar surface area (TPSA) is 57.9 Å². The number of likely N-dealkylation sites (N-methyl/N-ethyl adjacent to an activating group) is 1. The second-order valence-electron chi connectivity index (χ2n) is 11.9. The van der Waals surface area contributed by atoms with Crippen LogP contribution in [0.3, 0.4) is 0 Å². The molecule has 6 nitrogen and oxygen atoms in total. The Balaban J connectivity index is 1.47. The molecule has 2 aromatic carbocycles. The Morgan fingerprint density at radius 2 is 1.85 bits per heavy atom. The van der Waals surface area contributed by atoms with Crippen LogP contribution in [0.1, 0.15) is 67.8 Å². The summed E-state index contributed by atoms with van der Waals surface area (Å²) in [6.45, 7) is 11.7. The summed E-state index contributed by atoms with van der Waals surface area (Å²) in [5, 5.41) is 11.0. The smallest absolute Gasteiger partial charge is 0.335 e. The highest BCUT2D eigenvalue weighted by Crippen LogP contribution is 2.49. The van der Waals surface area contributed by atoms with Crippen molar-refractivity contribution in [2.24, 2.45) is 5.41 Å². The molecule has 208 valence electrons. The van der Waals surface area contributed by atoms with Crippen LogP contribution >= 0.6 is 0 Å². The first-order valence-electron chi connectivity index (χ1n) is 14.7. The number of hydrogen-bond acceptors (Lipinski definition) is 4. The van der Waals surface area contributed by atoms with Gasteiger partial charge in [0.15, 0.2) is 0 Å². The lowest BCUT2D eigenvalue weighted by Crippen LogP contribution is -2.62. The van der Waals surface area contributed by atoms with E-state index >= 15 is 0 Å². The number of carboxylic acids is 1. The molecule has 1 aliphatic carbocycles. The molecule has 0 atom stereocenters. The third-order valence-electron chi connectivity index (χ3n) is 9.34. The normalized spacial score (nSPS) is 19.3. The molecule has 1 spiro atoms. The van der Waals surface area contributed by atoms with Crippen molar-refractivity contribution in [3.05, 3.63) is 53.3 Å². The lowest BCUT2D eigenvalue weighted by molar-refractivity contribution is -0.0484. The van der Waals surface area contributed by atoms with Crippen LogP contribution in [0.4, 0.5) is 4.39 Å². The molecule has 3 aromatic rings. The number of halogens is 1. The molecule has 1 saturated heterocycles. The predicted octanol–water partition coefficient (Wildman–Crippen LogP) is 6.23. The Bertz CT molecular complexity index is 1370. The zero-order valence-corrected chi connectivity index (χ0v) is 23.2. The van der Waals surface area contributed by atoms with Crippen molar-refractivity contribution in [1.29, 1.82) is 0 Å². The van der Waals surface area contributed by atoms with Gasteiger partial charge in [-0.2, -0.15) is 0 Å². The summed E-state index contributed by atoms with van der Waals surface area (Å²) in [6, 6.07) is 10.5. The maximum atomic E-state index is 14.5. The van der Waals surface area contributed by atoms with Gasteiger partial charge in [-0.25, -0.2) is 9.18 Å². The second kappa shape index (κ2) is 10.6. The van der Waals surface area contributed by atoms with Crippen molar-refractivity contribution < 1.29 is 19.0 Å². The molecule has 39 heavy (non-hydrogen) atoms. The van der Waals surface area contributed by atoms with E-state index < -0.39 is 5.97 Å². The van der Waals surface area contributed by atoms with E-state index in [1.165, 1.54) is 37.0 Å². The minimum atomic E-state index is -0.913. The Morgan fingerprint density at radius 3 is 2.56 bits per heavy atom. The van der Waals surface area contributed by atoms with Crippen LogP contribution in [-0.2, 0) is 6.54 Å². The Labute approximate surface area is 230 Å². The van der Waals surface area contributed by atoms with Gasteiger partial charge in [0.05, 0.1) is 17.9 Å². The number of hydrogen-bond donors (Lipinski definition) is 1. The van der Waals surface area contributed by atoms with E-state index in [-0.39, 0.29) is 11.2 Å². The van der Waals surface area contributed by atoms with E-state index in [1.54, 1.807) is 6.07 Å². The van der Waals surface area contributed by atoms with Crippen LogP contribution in [0.25, 0.3) is 22.2 Å². The zero-order chi connectivity index (χ0) is 27.1. The van der Waals surface area contributed by atoms with Crippen molar-refractivity contribution in [3.63, 3.8) is 0 Å². The Morgan fingerprint density at radius 1 is 1.08 bits per heavy atom. The summed E-state index contributed by atoms with van der Waals surface area (Å²) in [5.41, 5.74) is 4.46. The van der Waals surface area contributed by atoms with Crippen molar-refractivity contribution >= 4 is 16.9 Å². The summed E-state index contributed by atoms with van der Waals surface area (Å²) < 4.78 is 23.4. The van der Waals surface area contributed by atoms with Gasteiger partial charge in [-0.05, 0) is 61.7 Å². The molecule has 1 saturated carbocycles. The summed E-state index contributed by atoms with van der Waals surface area (Å²) in [4.78, 5) is 16.9. The van der Waals surface area contributed by atoms with E-state index in [0.717, 1.165) is 80.8 Å². The highest BCUT2D eigenvalue weighted by molar-refractivity contribution is 5.98. The fourth-order valence-electron chi connectivity index (χ4n) is 7.27. The fourth-order valence-corrected chi connectivity index (χ4v) is 7.27. The second-order valence-corrected chi connectivity index (χ2v) is 11.9. The van der Waals surface area contributed by atoms with Crippen LogP contribution in [0.2, 0.25) is 0 Å². The molecule has 3 aliphatic rings. The minimum Gasteiger partial charge on any atom is -0.492 e. The molecule has 1 aromatic heterocycles. The summed E-state index contributed by atoms with van der Waals surface area (Å²) >= 11 is 0. The molecule has 3 heterocycles. The maximum Gasteiger partial charge on any atom is 0.335 e. The molecule has 7 heteroatoms. The highest BCUT2D eigenvalue weighted by Gasteiger charge is 2.46. The first-order valence-corrected chi connectivity index (χ1v) is 14.7. The van der Waals surface area contributed by atoms with Gasteiger partial charge in [-0.3, -0.25) is 0 Å². The van der Waals surface area contributed by atoms with Crippen LogP contribution in [-0.4, -0.2) is 71.3 Å². The van der Waals surface area contributed by atoms with E-state index in [0.29, 0.717) is 23.8 Å². The van der Waals surface area contributed by atoms with Crippen molar-refractivity contribution in [3.8, 4) is 17.0 Å². The molecule has 2 fully saturated rings. The number of carboxylic acid groups (broad SMARTS) is 1. The lowest BCUT2D eigenvalue weighted by Gasteiger charge is -2.51. The van der Waals surface area contributed by atoms with Gasteiger partial charge < -0.3 is 24.2 Å². The Kier molecular flexibility index (Phi) is 7.15. The first kappa shape index (κ1) is 26.3. The van der Waals surface area contributed by atoms with Gasteiger partial charge >= 0.3 is 5.97 Å². The van der Waals surface area contributed by atoms with E-state index in [1.807, 2.05) is 18.2 Å². The SMILES string of the molecule is CCN(CC)CCN1CC2(COc3cc(F)ccc3-c3c(C4CCCCC4)c4ccc(C(=O)O)cc4n3C2)C1. The number of nitrogens with zero attached hydrogens (tertiary/aromatic N) is 3. The van der Waals surface area contributed by atoms with Gasteiger partial charge in [0.1, 0.15) is 11.6 Å². The van der Waals surface area contributed by atoms with E-state index in [4.69, 9.17) is 4.74 Å². The molecule has 0 radical (unpaired) electrons. The van der Waals surface area contributed by atoms with Crippen molar-refractivity contribution in [2.45, 2.75) is 58.4 Å². The summed E-state index contributed by atoms with van der Waals surface area (Å²) in [6.07, 6.45) is 5.89. The third kappa shape index (κ3) is 4.84. The van der Waals surface area contributed by atoms with Crippen molar-refractivity contribution in [2.75, 3.05) is 45.9 Å². The number of likely N-dealkylation sites (tertiary alicyclic amines) is 1.